The van der Waals surface area contributed by atoms with Gasteiger partial charge in [-0.15, -0.1) is 0 Å². The highest BCUT2D eigenvalue weighted by molar-refractivity contribution is 5.77. The summed E-state index contributed by atoms with van der Waals surface area (Å²) in [6.45, 7) is -0.669. The lowest BCUT2D eigenvalue weighted by Gasteiger charge is -2.41. The summed E-state index contributed by atoms with van der Waals surface area (Å²) in [5.41, 5.74) is 5.10. The summed E-state index contributed by atoms with van der Waals surface area (Å²) in [4.78, 5) is 11.1. The van der Waals surface area contributed by atoms with E-state index in [1.165, 1.54) is 7.11 Å². The molecule has 1 amide bonds. The zero-order valence-electron chi connectivity index (χ0n) is 9.44. The molecule has 0 aliphatic carbocycles. The molecule has 1 saturated heterocycles. The van der Waals surface area contributed by atoms with Crippen molar-refractivity contribution in [3.05, 3.63) is 0 Å². The van der Waals surface area contributed by atoms with Gasteiger partial charge in [-0.25, -0.2) is 0 Å². The Bertz CT molecular complexity index is 262. The number of hydrogen-bond acceptors (Lipinski definition) is 7. The molecule has 6 N–H and O–H groups in total. The van der Waals surface area contributed by atoms with Crippen LogP contribution in [-0.4, -0.2) is 72.1 Å². The van der Waals surface area contributed by atoms with Crippen LogP contribution < -0.4 is 11.1 Å². The van der Waals surface area contributed by atoms with Gasteiger partial charge in [-0.2, -0.15) is 0 Å². The van der Waals surface area contributed by atoms with Gasteiger partial charge in [0.05, 0.1) is 13.2 Å². The first-order valence-electron chi connectivity index (χ1n) is 5.19. The Labute approximate surface area is 98.3 Å². The molecule has 1 fully saturated rings. The predicted molar refractivity (Wildman–Crippen MR) is 55.8 cm³/mol. The first-order valence-corrected chi connectivity index (χ1v) is 5.19. The molecule has 8 heteroatoms. The molecule has 0 saturated carbocycles. The van der Waals surface area contributed by atoms with Crippen LogP contribution >= 0.6 is 0 Å². The highest BCUT2D eigenvalue weighted by Crippen LogP contribution is 2.21. The van der Waals surface area contributed by atoms with Gasteiger partial charge < -0.3 is 35.8 Å². The number of nitrogens with two attached hydrogens (primary N) is 1. The molecule has 1 aliphatic rings. The second kappa shape index (κ2) is 6.24. The topological polar surface area (TPSA) is 134 Å². The fourth-order valence-electron chi connectivity index (χ4n) is 1.71. The lowest BCUT2D eigenvalue weighted by Crippen LogP contribution is -2.64. The number of hydrogen-bond donors (Lipinski definition) is 5. The van der Waals surface area contributed by atoms with E-state index in [1.807, 2.05) is 0 Å². The third-order valence-electron chi connectivity index (χ3n) is 2.63. The highest BCUT2D eigenvalue weighted by Gasteiger charge is 2.44. The number of methoxy groups -OCH3 is 1. The van der Waals surface area contributed by atoms with E-state index in [9.17, 15) is 15.0 Å². The minimum absolute atomic E-state index is 0.264. The molecule has 1 aliphatic heterocycles. The normalized spacial score (nSPS) is 37.8. The number of rotatable bonds is 4. The van der Waals surface area contributed by atoms with E-state index in [4.69, 9.17) is 20.3 Å². The number of aliphatic hydroxyl groups is 3. The molecule has 1 heterocycles. The van der Waals surface area contributed by atoms with Crippen LogP contribution in [0, 0.1) is 0 Å². The average molecular weight is 250 g/mol. The molecule has 0 aromatic heterocycles. The molecule has 0 aromatic rings. The monoisotopic (exact) mass is 250 g/mol. The fraction of sp³-hybridized carbons (Fsp3) is 0.889. The summed E-state index contributed by atoms with van der Waals surface area (Å²) in [7, 11) is 1.32. The number of ether oxygens (including phenoxy) is 2. The summed E-state index contributed by atoms with van der Waals surface area (Å²) >= 11 is 0. The molecule has 100 valence electrons. The molecule has 8 nitrogen and oxygen atoms in total. The van der Waals surface area contributed by atoms with Gasteiger partial charge >= 0.3 is 0 Å². The van der Waals surface area contributed by atoms with Gasteiger partial charge in [0.15, 0.2) is 6.23 Å². The Balaban J connectivity index is 2.72. The summed E-state index contributed by atoms with van der Waals surface area (Å²) in [6, 6.07) is 0. The largest absolute Gasteiger partial charge is 0.394 e. The van der Waals surface area contributed by atoms with E-state index < -0.39 is 43.2 Å². The van der Waals surface area contributed by atoms with Gasteiger partial charge in [0.2, 0.25) is 5.91 Å². The molecular formula is C9H18N2O6. The van der Waals surface area contributed by atoms with Gasteiger partial charge in [0.1, 0.15) is 24.4 Å². The highest BCUT2D eigenvalue weighted by atomic mass is 16.6. The minimum atomic E-state index is -1.35. The Morgan fingerprint density at radius 1 is 1.47 bits per heavy atom. The van der Waals surface area contributed by atoms with Crippen molar-refractivity contribution in [2.45, 2.75) is 30.6 Å². The number of carbonyl (C=O) groups is 1. The van der Waals surface area contributed by atoms with Crippen molar-refractivity contribution >= 4 is 5.91 Å². The molecule has 0 radical (unpaired) electrons. The van der Waals surface area contributed by atoms with E-state index in [0.717, 1.165) is 0 Å². The Kier molecular flexibility index (Phi) is 5.25. The Morgan fingerprint density at radius 3 is 2.59 bits per heavy atom. The van der Waals surface area contributed by atoms with E-state index in [-0.39, 0.29) is 6.54 Å². The second-order valence-corrected chi connectivity index (χ2v) is 3.73. The minimum Gasteiger partial charge on any atom is -0.394 e. The van der Waals surface area contributed by atoms with E-state index in [2.05, 4.69) is 5.32 Å². The van der Waals surface area contributed by atoms with Crippen LogP contribution in [0.15, 0.2) is 0 Å². The molecular weight excluding hydrogens is 232 g/mol. The third-order valence-corrected chi connectivity index (χ3v) is 2.63. The van der Waals surface area contributed by atoms with Crippen LogP contribution in [0.3, 0.4) is 0 Å². The van der Waals surface area contributed by atoms with Crippen molar-refractivity contribution < 1.29 is 29.6 Å². The number of aliphatic hydroxyl groups excluding tert-OH is 3. The van der Waals surface area contributed by atoms with E-state index >= 15 is 0 Å². The van der Waals surface area contributed by atoms with E-state index in [0.29, 0.717) is 0 Å². The summed E-state index contributed by atoms with van der Waals surface area (Å²) in [6.07, 6.45) is -5.43. The smallest absolute Gasteiger partial charge is 0.235 e. The zero-order valence-corrected chi connectivity index (χ0v) is 9.44. The molecule has 0 spiro atoms. The third kappa shape index (κ3) is 3.12. The summed E-state index contributed by atoms with van der Waals surface area (Å²) in [5, 5.41) is 30.8. The van der Waals surface area contributed by atoms with Crippen molar-refractivity contribution in [2.75, 3.05) is 20.3 Å². The van der Waals surface area contributed by atoms with Crippen molar-refractivity contribution in [3.8, 4) is 0 Å². The molecule has 0 aromatic carbocycles. The maximum atomic E-state index is 11.1. The zero-order chi connectivity index (χ0) is 13.0. The van der Waals surface area contributed by atoms with Crippen LogP contribution in [0.5, 0.6) is 0 Å². The Hall–Kier alpha value is -0.770. The van der Waals surface area contributed by atoms with Gasteiger partial charge in [-0.3, -0.25) is 4.79 Å². The van der Waals surface area contributed by atoms with Crippen LogP contribution in [0.4, 0.5) is 0 Å². The van der Waals surface area contributed by atoms with Gasteiger partial charge in [-0.1, -0.05) is 0 Å². The molecule has 1 rings (SSSR count). The molecule has 5 atom stereocenters. The average Bonchev–Trinajstić information content (AvgIpc) is 2.34. The first kappa shape index (κ1) is 14.3. The van der Waals surface area contributed by atoms with Crippen LogP contribution in [0.1, 0.15) is 0 Å². The number of nitrogens with one attached hydrogen (secondary N) is 1. The quantitative estimate of drug-likeness (QED) is 0.349. The first-order chi connectivity index (χ1) is 8.04. The van der Waals surface area contributed by atoms with Crippen molar-refractivity contribution in [1.29, 1.82) is 0 Å². The van der Waals surface area contributed by atoms with Gasteiger partial charge in [0, 0.05) is 7.11 Å². The maximum Gasteiger partial charge on any atom is 0.235 e. The van der Waals surface area contributed by atoms with Crippen LogP contribution in [0.25, 0.3) is 0 Å². The summed E-state index contributed by atoms with van der Waals surface area (Å²) < 4.78 is 10.1. The predicted octanol–water partition coefficient (Wildman–Crippen LogP) is -3.48. The number of carbonyl (C=O) groups excluding carboxylic acids is 1. The van der Waals surface area contributed by atoms with Gasteiger partial charge in [-0.05, 0) is 0 Å². The fourth-order valence-corrected chi connectivity index (χ4v) is 1.71. The second-order valence-electron chi connectivity index (χ2n) is 3.73. The van der Waals surface area contributed by atoms with Crippen molar-refractivity contribution in [3.63, 3.8) is 0 Å². The molecule has 17 heavy (non-hydrogen) atoms. The van der Waals surface area contributed by atoms with Crippen molar-refractivity contribution in [2.24, 2.45) is 5.73 Å². The SMILES string of the molecule is CO[C@@H]1C(CO)O[C@@H](NC(=O)CN)C(O)[C@H]1O. The number of amides is 1. The lowest BCUT2D eigenvalue weighted by atomic mass is 9.98. The van der Waals surface area contributed by atoms with Crippen LogP contribution in [0.2, 0.25) is 0 Å². The summed E-state index contributed by atoms with van der Waals surface area (Å²) in [5.74, 6) is -0.534. The Morgan fingerprint density at radius 2 is 2.12 bits per heavy atom. The van der Waals surface area contributed by atoms with E-state index in [1.54, 1.807) is 0 Å². The lowest BCUT2D eigenvalue weighted by molar-refractivity contribution is -0.242. The molecule has 2 unspecified atom stereocenters. The van der Waals surface area contributed by atoms with Gasteiger partial charge in [0.25, 0.3) is 0 Å². The maximum absolute atomic E-state index is 11.1. The van der Waals surface area contributed by atoms with Crippen molar-refractivity contribution in [1.82, 2.24) is 5.32 Å². The standard InChI is InChI=1S/C9H18N2O6/c1-16-8-4(3-12)17-9(7(15)6(8)14)11-5(13)2-10/h4,6-9,12,14-15H,2-3,10H2,1H3,(H,11,13)/t4?,6-,7?,8-,9-/m1/s1. The molecule has 0 bridgehead atoms. The van der Waals surface area contributed by atoms with Crippen LogP contribution in [-0.2, 0) is 14.3 Å².